The SMILES string of the molecule is CCN(C)C(=O)C(=O)c1ccc(C)nc1. The lowest BCUT2D eigenvalue weighted by molar-refractivity contribution is -0.125. The van der Waals surface area contributed by atoms with Gasteiger partial charge in [-0.2, -0.15) is 0 Å². The summed E-state index contributed by atoms with van der Waals surface area (Å²) in [5.74, 6) is -1.00. The number of carbonyl (C=O) groups is 2. The van der Waals surface area contributed by atoms with Crippen LogP contribution in [0.15, 0.2) is 18.3 Å². The van der Waals surface area contributed by atoms with E-state index in [0.29, 0.717) is 12.1 Å². The van der Waals surface area contributed by atoms with Crippen LogP contribution < -0.4 is 0 Å². The summed E-state index contributed by atoms with van der Waals surface area (Å²) >= 11 is 0. The fraction of sp³-hybridized carbons (Fsp3) is 0.364. The Morgan fingerprint density at radius 3 is 2.53 bits per heavy atom. The van der Waals surface area contributed by atoms with E-state index in [1.807, 2.05) is 13.8 Å². The maximum Gasteiger partial charge on any atom is 0.294 e. The van der Waals surface area contributed by atoms with Crippen molar-refractivity contribution in [3.8, 4) is 0 Å². The molecule has 0 N–H and O–H groups in total. The zero-order valence-corrected chi connectivity index (χ0v) is 9.15. The minimum atomic E-state index is -0.508. The zero-order chi connectivity index (χ0) is 11.4. The van der Waals surface area contributed by atoms with Crippen LogP contribution in [-0.2, 0) is 4.79 Å². The van der Waals surface area contributed by atoms with Gasteiger partial charge in [0.05, 0.1) is 0 Å². The molecule has 4 heteroatoms. The van der Waals surface area contributed by atoms with E-state index in [1.54, 1.807) is 19.2 Å². The molecular weight excluding hydrogens is 192 g/mol. The van der Waals surface area contributed by atoms with Gasteiger partial charge in [0.15, 0.2) is 0 Å². The van der Waals surface area contributed by atoms with E-state index in [-0.39, 0.29) is 0 Å². The predicted molar refractivity (Wildman–Crippen MR) is 56.6 cm³/mol. The van der Waals surface area contributed by atoms with Gasteiger partial charge in [-0.1, -0.05) is 0 Å². The molecule has 0 saturated carbocycles. The molecule has 15 heavy (non-hydrogen) atoms. The van der Waals surface area contributed by atoms with Crippen LogP contribution in [0.5, 0.6) is 0 Å². The lowest BCUT2D eigenvalue weighted by Gasteiger charge is -2.12. The van der Waals surface area contributed by atoms with Crippen LogP contribution in [0.25, 0.3) is 0 Å². The van der Waals surface area contributed by atoms with Crippen molar-refractivity contribution >= 4 is 11.7 Å². The normalized spacial score (nSPS) is 9.80. The molecule has 4 nitrogen and oxygen atoms in total. The second-order valence-corrected chi connectivity index (χ2v) is 3.34. The van der Waals surface area contributed by atoms with Gasteiger partial charge in [0.1, 0.15) is 0 Å². The van der Waals surface area contributed by atoms with Gasteiger partial charge in [0, 0.05) is 31.0 Å². The molecule has 1 aromatic rings. The molecule has 0 unspecified atom stereocenters. The number of nitrogens with zero attached hydrogens (tertiary/aromatic N) is 2. The number of hydrogen-bond acceptors (Lipinski definition) is 3. The predicted octanol–water partition coefficient (Wildman–Crippen LogP) is 1.05. The highest BCUT2D eigenvalue weighted by molar-refractivity contribution is 6.42. The van der Waals surface area contributed by atoms with Crippen molar-refractivity contribution in [1.82, 2.24) is 9.88 Å². The number of Topliss-reactive ketones (excluding diaryl/α,β-unsaturated/α-hetero) is 1. The molecule has 1 rings (SSSR count). The lowest BCUT2D eigenvalue weighted by Crippen LogP contribution is -2.33. The topological polar surface area (TPSA) is 50.3 Å². The summed E-state index contributed by atoms with van der Waals surface area (Å²) in [6, 6.07) is 3.33. The van der Waals surface area contributed by atoms with E-state index in [9.17, 15) is 9.59 Å². The number of pyridine rings is 1. The standard InChI is InChI=1S/C11H14N2O2/c1-4-13(3)11(15)10(14)9-6-5-8(2)12-7-9/h5-7H,4H2,1-3H3. The summed E-state index contributed by atoms with van der Waals surface area (Å²) in [4.78, 5) is 28.5. The first-order valence-corrected chi connectivity index (χ1v) is 4.78. The summed E-state index contributed by atoms with van der Waals surface area (Å²) in [5, 5.41) is 0. The third-order valence-corrected chi connectivity index (χ3v) is 2.19. The average Bonchev–Trinajstić information content (AvgIpc) is 2.27. The van der Waals surface area contributed by atoms with Crippen LogP contribution in [0.2, 0.25) is 0 Å². The smallest absolute Gasteiger partial charge is 0.294 e. The number of amides is 1. The van der Waals surface area contributed by atoms with Crippen LogP contribution >= 0.6 is 0 Å². The zero-order valence-electron chi connectivity index (χ0n) is 9.15. The minimum Gasteiger partial charge on any atom is -0.339 e. The fourth-order valence-corrected chi connectivity index (χ4v) is 1.04. The maximum atomic E-state index is 11.6. The van der Waals surface area contributed by atoms with Crippen LogP contribution in [-0.4, -0.2) is 35.2 Å². The quantitative estimate of drug-likeness (QED) is 0.548. The first-order valence-electron chi connectivity index (χ1n) is 4.78. The summed E-state index contributed by atoms with van der Waals surface area (Å²) in [6.45, 7) is 4.16. The van der Waals surface area contributed by atoms with Crippen molar-refractivity contribution in [2.24, 2.45) is 0 Å². The Balaban J connectivity index is 2.85. The summed E-state index contributed by atoms with van der Waals surface area (Å²) in [5.41, 5.74) is 1.16. The molecule has 0 aromatic carbocycles. The first-order chi connectivity index (χ1) is 7.06. The van der Waals surface area contributed by atoms with E-state index < -0.39 is 11.7 Å². The molecule has 0 fully saturated rings. The molecule has 0 radical (unpaired) electrons. The molecule has 0 spiro atoms. The number of likely N-dealkylation sites (N-methyl/N-ethyl adjacent to an activating group) is 1. The molecule has 1 heterocycles. The van der Waals surface area contributed by atoms with Gasteiger partial charge in [0.25, 0.3) is 11.7 Å². The molecule has 0 bridgehead atoms. The Hall–Kier alpha value is -1.71. The molecule has 1 aromatic heterocycles. The van der Waals surface area contributed by atoms with Gasteiger partial charge >= 0.3 is 0 Å². The third-order valence-electron chi connectivity index (χ3n) is 2.19. The number of hydrogen-bond donors (Lipinski definition) is 0. The van der Waals surface area contributed by atoms with E-state index in [1.165, 1.54) is 11.1 Å². The maximum absolute atomic E-state index is 11.6. The van der Waals surface area contributed by atoms with Crippen LogP contribution in [0.4, 0.5) is 0 Å². The average molecular weight is 206 g/mol. The summed E-state index contributed by atoms with van der Waals surface area (Å²) in [6.07, 6.45) is 1.43. The van der Waals surface area contributed by atoms with Crippen LogP contribution in [0.1, 0.15) is 23.0 Å². The van der Waals surface area contributed by atoms with Gasteiger partial charge in [0.2, 0.25) is 0 Å². The number of aryl methyl sites for hydroxylation is 1. The highest BCUT2D eigenvalue weighted by Gasteiger charge is 2.19. The third kappa shape index (κ3) is 2.62. The Kier molecular flexibility index (Phi) is 3.55. The van der Waals surface area contributed by atoms with E-state index in [4.69, 9.17) is 0 Å². The summed E-state index contributed by atoms with van der Waals surface area (Å²) in [7, 11) is 1.60. The van der Waals surface area contributed by atoms with Gasteiger partial charge in [-0.25, -0.2) is 0 Å². The highest BCUT2D eigenvalue weighted by atomic mass is 16.2. The van der Waals surface area contributed by atoms with Crippen LogP contribution in [0.3, 0.4) is 0 Å². The molecule has 80 valence electrons. The van der Waals surface area contributed by atoms with Crippen molar-refractivity contribution in [1.29, 1.82) is 0 Å². The minimum absolute atomic E-state index is 0.339. The Morgan fingerprint density at radius 2 is 2.07 bits per heavy atom. The first kappa shape index (κ1) is 11.4. The van der Waals surface area contributed by atoms with E-state index in [2.05, 4.69) is 4.98 Å². The van der Waals surface area contributed by atoms with Gasteiger partial charge < -0.3 is 4.90 Å². The fourth-order valence-electron chi connectivity index (χ4n) is 1.04. The van der Waals surface area contributed by atoms with Crippen molar-refractivity contribution in [3.05, 3.63) is 29.6 Å². The van der Waals surface area contributed by atoms with Gasteiger partial charge in [-0.05, 0) is 26.0 Å². The molecule has 1 amide bonds. The number of aromatic nitrogens is 1. The number of ketones is 1. The van der Waals surface area contributed by atoms with Crippen molar-refractivity contribution in [2.45, 2.75) is 13.8 Å². The van der Waals surface area contributed by atoms with Gasteiger partial charge in [-0.3, -0.25) is 14.6 Å². The lowest BCUT2D eigenvalue weighted by atomic mass is 10.1. The van der Waals surface area contributed by atoms with Crippen molar-refractivity contribution in [2.75, 3.05) is 13.6 Å². The van der Waals surface area contributed by atoms with Crippen LogP contribution in [0, 0.1) is 6.92 Å². The second-order valence-electron chi connectivity index (χ2n) is 3.34. The summed E-state index contributed by atoms with van der Waals surface area (Å²) < 4.78 is 0. The number of rotatable bonds is 3. The van der Waals surface area contributed by atoms with Crippen molar-refractivity contribution in [3.63, 3.8) is 0 Å². The second kappa shape index (κ2) is 4.68. The molecule has 0 saturated heterocycles. The van der Waals surface area contributed by atoms with E-state index >= 15 is 0 Å². The van der Waals surface area contributed by atoms with E-state index in [0.717, 1.165) is 5.69 Å². The Morgan fingerprint density at radius 1 is 1.40 bits per heavy atom. The monoisotopic (exact) mass is 206 g/mol. The number of carbonyl (C=O) groups excluding carboxylic acids is 2. The van der Waals surface area contributed by atoms with Crippen molar-refractivity contribution < 1.29 is 9.59 Å². The Bertz CT molecular complexity index is 371. The molecule has 0 aliphatic carbocycles. The molecule has 0 atom stereocenters. The van der Waals surface area contributed by atoms with Gasteiger partial charge in [-0.15, -0.1) is 0 Å². The molecular formula is C11H14N2O2. The Labute approximate surface area is 88.9 Å². The molecule has 0 aliphatic heterocycles. The molecule has 0 aliphatic rings. The largest absolute Gasteiger partial charge is 0.339 e. The highest BCUT2D eigenvalue weighted by Crippen LogP contribution is 2.02.